The molecule has 3 rings (SSSR count). The lowest BCUT2D eigenvalue weighted by Gasteiger charge is -2.38. The van der Waals surface area contributed by atoms with Gasteiger partial charge in [-0.1, -0.05) is 13.8 Å². The standard InChI is InChI=1S/C19H29FN6OS2/c1-12(2)18-17(6-13(3)28-18)22-19(27)23-29-26(16-8-21-25(5)11-16)15-7-14(20)9-24(4)10-15/h6,8,11-12,14-15H,7,9-10H2,1-5H3,(H2,22,23,27). The van der Waals surface area contributed by atoms with Crippen molar-refractivity contribution < 1.29 is 9.18 Å². The predicted molar refractivity (Wildman–Crippen MR) is 119 cm³/mol. The number of hydrogen-bond acceptors (Lipinski definition) is 6. The summed E-state index contributed by atoms with van der Waals surface area (Å²) in [7, 11) is 3.75. The molecule has 0 spiro atoms. The fourth-order valence-corrected chi connectivity index (χ4v) is 5.26. The molecule has 1 aliphatic heterocycles. The number of aromatic nitrogens is 2. The van der Waals surface area contributed by atoms with Crippen molar-refractivity contribution in [3.63, 3.8) is 0 Å². The van der Waals surface area contributed by atoms with Gasteiger partial charge in [0.15, 0.2) is 0 Å². The van der Waals surface area contributed by atoms with Crippen LogP contribution in [-0.4, -0.2) is 53.1 Å². The highest BCUT2D eigenvalue weighted by Crippen LogP contribution is 2.33. The van der Waals surface area contributed by atoms with Crippen LogP contribution in [0.2, 0.25) is 0 Å². The molecular formula is C19H29FN6OS2. The molecule has 160 valence electrons. The average Bonchev–Trinajstić information content (AvgIpc) is 3.20. The van der Waals surface area contributed by atoms with Crippen LogP contribution in [0.15, 0.2) is 18.5 Å². The van der Waals surface area contributed by atoms with Crippen molar-refractivity contribution in [1.82, 2.24) is 19.4 Å². The molecule has 0 aliphatic carbocycles. The second kappa shape index (κ2) is 9.36. The van der Waals surface area contributed by atoms with Gasteiger partial charge in [-0.25, -0.2) is 9.18 Å². The Bertz CT molecular complexity index is 829. The molecule has 7 nitrogen and oxygen atoms in total. The number of amides is 2. The summed E-state index contributed by atoms with van der Waals surface area (Å²) >= 11 is 2.87. The smallest absolute Gasteiger partial charge is 0.306 e. The normalized spacial score (nSPS) is 20.1. The van der Waals surface area contributed by atoms with E-state index >= 15 is 0 Å². The monoisotopic (exact) mass is 440 g/mol. The minimum absolute atomic E-state index is 0.0760. The summed E-state index contributed by atoms with van der Waals surface area (Å²) in [5.41, 5.74) is 1.68. The maximum absolute atomic E-state index is 14.2. The first-order chi connectivity index (χ1) is 13.7. The third kappa shape index (κ3) is 5.64. The molecule has 0 aromatic carbocycles. The van der Waals surface area contributed by atoms with Gasteiger partial charge < -0.3 is 10.2 Å². The van der Waals surface area contributed by atoms with E-state index in [2.05, 4.69) is 29.0 Å². The minimum Gasteiger partial charge on any atom is -0.306 e. The summed E-state index contributed by atoms with van der Waals surface area (Å²) in [6, 6.07) is 1.62. The summed E-state index contributed by atoms with van der Waals surface area (Å²) < 4.78 is 20.7. The van der Waals surface area contributed by atoms with Crippen LogP contribution in [0.25, 0.3) is 0 Å². The number of halogens is 1. The zero-order chi connectivity index (χ0) is 21.1. The lowest BCUT2D eigenvalue weighted by molar-refractivity contribution is 0.149. The number of likely N-dealkylation sites (N-methyl/N-ethyl adjacent to an activating group) is 1. The van der Waals surface area contributed by atoms with Crippen molar-refractivity contribution in [1.29, 1.82) is 0 Å². The number of nitrogens with zero attached hydrogens (tertiary/aromatic N) is 4. The van der Waals surface area contributed by atoms with Gasteiger partial charge in [0.05, 0.1) is 35.7 Å². The number of carbonyl (C=O) groups excluding carboxylic acids is 1. The molecule has 3 heterocycles. The molecule has 0 saturated carbocycles. The maximum Gasteiger partial charge on any atom is 0.330 e. The number of alkyl halides is 1. The number of anilines is 2. The van der Waals surface area contributed by atoms with Crippen LogP contribution in [0.5, 0.6) is 0 Å². The van der Waals surface area contributed by atoms with Crippen LogP contribution in [0.3, 0.4) is 0 Å². The van der Waals surface area contributed by atoms with Crippen LogP contribution < -0.4 is 14.3 Å². The zero-order valence-corrected chi connectivity index (χ0v) is 19.1. The Hall–Kier alpha value is -1.78. The fraction of sp³-hybridized carbons (Fsp3) is 0.579. The van der Waals surface area contributed by atoms with Crippen LogP contribution >= 0.6 is 23.5 Å². The minimum atomic E-state index is -0.894. The first-order valence-corrected chi connectivity index (χ1v) is 11.3. The lowest BCUT2D eigenvalue weighted by Crippen LogP contribution is -2.49. The quantitative estimate of drug-likeness (QED) is 0.661. The van der Waals surface area contributed by atoms with E-state index in [1.807, 2.05) is 42.5 Å². The van der Waals surface area contributed by atoms with E-state index in [4.69, 9.17) is 0 Å². The van der Waals surface area contributed by atoms with Crippen LogP contribution in [0.1, 0.15) is 35.9 Å². The Kier molecular flexibility index (Phi) is 7.07. The molecule has 2 unspecified atom stereocenters. The predicted octanol–water partition coefficient (Wildman–Crippen LogP) is 4.15. The topological polar surface area (TPSA) is 65.4 Å². The lowest BCUT2D eigenvalue weighted by atomic mass is 10.0. The number of rotatable bonds is 6. The van der Waals surface area contributed by atoms with Crippen molar-refractivity contribution >= 4 is 40.9 Å². The first-order valence-electron chi connectivity index (χ1n) is 9.67. The molecule has 2 N–H and O–H groups in total. The highest BCUT2D eigenvalue weighted by atomic mass is 32.2. The van der Waals surface area contributed by atoms with Gasteiger partial charge in [0.25, 0.3) is 0 Å². The fourth-order valence-electron chi connectivity index (χ4n) is 3.54. The van der Waals surface area contributed by atoms with Crippen molar-refractivity contribution in [2.45, 2.75) is 45.3 Å². The summed E-state index contributed by atoms with van der Waals surface area (Å²) in [5.74, 6) is 0.336. The second-order valence-electron chi connectivity index (χ2n) is 7.84. The number of hydrogen-bond donors (Lipinski definition) is 2. The number of urea groups is 1. The molecule has 29 heavy (non-hydrogen) atoms. The van der Waals surface area contributed by atoms with Crippen LogP contribution in [0, 0.1) is 6.92 Å². The number of nitrogens with one attached hydrogen (secondary N) is 2. The van der Waals surface area contributed by atoms with E-state index in [-0.39, 0.29) is 12.1 Å². The van der Waals surface area contributed by atoms with E-state index < -0.39 is 6.17 Å². The SMILES string of the molecule is Cc1cc(NC(=O)NSN(c2cnn(C)c2)C2CC(F)CN(C)C2)c(C(C)C)s1. The molecule has 0 radical (unpaired) electrons. The third-order valence-electron chi connectivity index (χ3n) is 4.73. The summed E-state index contributed by atoms with van der Waals surface area (Å²) in [6.07, 6.45) is 3.12. The van der Waals surface area contributed by atoms with Crippen molar-refractivity contribution in [3.05, 3.63) is 28.2 Å². The van der Waals surface area contributed by atoms with E-state index in [0.29, 0.717) is 25.4 Å². The number of aryl methyl sites for hydroxylation is 2. The number of likely N-dealkylation sites (tertiary alicyclic amines) is 1. The summed E-state index contributed by atoms with van der Waals surface area (Å²) in [4.78, 5) is 16.9. The Morgan fingerprint density at radius 1 is 1.41 bits per heavy atom. The van der Waals surface area contributed by atoms with Crippen molar-refractivity contribution in [2.24, 2.45) is 7.05 Å². The molecule has 1 aliphatic rings. The molecular weight excluding hydrogens is 411 g/mol. The van der Waals surface area contributed by atoms with Gasteiger partial charge in [-0.2, -0.15) is 5.10 Å². The molecule has 2 aromatic heterocycles. The van der Waals surface area contributed by atoms with E-state index in [0.717, 1.165) is 21.1 Å². The number of thiophene rings is 1. The van der Waals surface area contributed by atoms with Gasteiger partial charge in [-0.3, -0.25) is 13.7 Å². The van der Waals surface area contributed by atoms with Crippen LogP contribution in [0.4, 0.5) is 20.6 Å². The van der Waals surface area contributed by atoms with Gasteiger partial charge >= 0.3 is 6.03 Å². The second-order valence-corrected chi connectivity index (χ2v) is 9.91. The highest BCUT2D eigenvalue weighted by molar-refractivity contribution is 7.99. The zero-order valence-electron chi connectivity index (χ0n) is 17.5. The molecule has 1 saturated heterocycles. The van der Waals surface area contributed by atoms with E-state index in [1.165, 1.54) is 12.1 Å². The van der Waals surface area contributed by atoms with Crippen LogP contribution in [-0.2, 0) is 7.05 Å². The number of carbonyl (C=O) groups is 1. The molecule has 2 amide bonds. The van der Waals surface area contributed by atoms with E-state index in [1.54, 1.807) is 22.2 Å². The molecule has 10 heteroatoms. The van der Waals surface area contributed by atoms with Gasteiger partial charge in [0.2, 0.25) is 0 Å². The maximum atomic E-state index is 14.2. The first kappa shape index (κ1) is 21.9. The average molecular weight is 441 g/mol. The van der Waals surface area contributed by atoms with Gasteiger partial charge in [0, 0.05) is 42.5 Å². The molecule has 1 fully saturated rings. The van der Waals surface area contributed by atoms with Crippen molar-refractivity contribution in [2.75, 3.05) is 29.8 Å². The molecule has 2 atom stereocenters. The summed E-state index contributed by atoms with van der Waals surface area (Å²) in [5, 5.41) is 7.18. The Balaban J connectivity index is 1.69. The largest absolute Gasteiger partial charge is 0.330 e. The van der Waals surface area contributed by atoms with Gasteiger partial charge in [0.1, 0.15) is 6.17 Å². The van der Waals surface area contributed by atoms with Crippen molar-refractivity contribution in [3.8, 4) is 0 Å². The summed E-state index contributed by atoms with van der Waals surface area (Å²) in [6.45, 7) is 7.41. The molecule has 0 bridgehead atoms. The van der Waals surface area contributed by atoms with E-state index in [9.17, 15) is 9.18 Å². The Morgan fingerprint density at radius 3 is 2.79 bits per heavy atom. The van der Waals surface area contributed by atoms with Gasteiger partial charge in [-0.05, 0) is 26.0 Å². The highest BCUT2D eigenvalue weighted by Gasteiger charge is 2.31. The number of piperidine rings is 1. The molecule has 2 aromatic rings. The van der Waals surface area contributed by atoms with Gasteiger partial charge in [-0.15, -0.1) is 11.3 Å². The Morgan fingerprint density at radius 2 is 2.17 bits per heavy atom. The third-order valence-corrected chi connectivity index (χ3v) is 7.06. The Labute approximate surface area is 179 Å².